The van der Waals surface area contributed by atoms with Gasteiger partial charge in [-0.3, -0.25) is 0 Å². The maximum atomic E-state index is 2.29. The third-order valence-electron chi connectivity index (χ3n) is 4.10. The van der Waals surface area contributed by atoms with Crippen LogP contribution < -0.4 is 9.80 Å². The van der Waals surface area contributed by atoms with E-state index in [0.717, 1.165) is 12.3 Å². The predicted molar refractivity (Wildman–Crippen MR) is 98.4 cm³/mol. The van der Waals surface area contributed by atoms with E-state index in [1.165, 1.54) is 29.0 Å². The van der Waals surface area contributed by atoms with Gasteiger partial charge in [-0.25, -0.2) is 0 Å². The van der Waals surface area contributed by atoms with E-state index in [9.17, 15) is 0 Å². The second-order valence-corrected chi connectivity index (χ2v) is 6.53. The molecule has 0 atom stereocenters. The van der Waals surface area contributed by atoms with Crippen LogP contribution in [0.15, 0.2) is 48.5 Å². The van der Waals surface area contributed by atoms with Gasteiger partial charge in [-0.1, -0.05) is 32.0 Å². The zero-order valence-electron chi connectivity index (χ0n) is 14.5. The minimum absolute atomic E-state index is 0.734. The van der Waals surface area contributed by atoms with Crippen molar-refractivity contribution in [1.29, 1.82) is 0 Å². The number of rotatable bonds is 6. The minimum Gasteiger partial charge on any atom is -0.378 e. The van der Waals surface area contributed by atoms with Gasteiger partial charge in [0.05, 0.1) is 0 Å². The number of para-hydroxylation sites is 1. The number of nitrogens with zero attached hydrogens (tertiary/aromatic N) is 2. The Bertz CT molecular complexity index is 585. The Morgan fingerprint density at radius 1 is 0.818 bits per heavy atom. The zero-order valence-corrected chi connectivity index (χ0v) is 14.5. The third kappa shape index (κ3) is 4.03. The zero-order chi connectivity index (χ0) is 16.1. The van der Waals surface area contributed by atoms with Crippen molar-refractivity contribution in [3.05, 3.63) is 54.1 Å². The molecule has 2 heteroatoms. The Morgan fingerprint density at radius 2 is 1.41 bits per heavy atom. The van der Waals surface area contributed by atoms with E-state index in [4.69, 9.17) is 0 Å². The average molecular weight is 296 g/mol. The van der Waals surface area contributed by atoms with E-state index in [-0.39, 0.29) is 0 Å². The maximum Gasteiger partial charge on any atom is 0.0440 e. The number of hydrogen-bond acceptors (Lipinski definition) is 2. The lowest BCUT2D eigenvalue weighted by atomic mass is 10.0. The fourth-order valence-electron chi connectivity index (χ4n) is 2.61. The molecule has 2 nitrogen and oxygen atoms in total. The lowest BCUT2D eigenvalue weighted by molar-refractivity contribution is 0.587. The summed E-state index contributed by atoms with van der Waals surface area (Å²) in [5.74, 6) is 0.734. The fraction of sp³-hybridized carbons (Fsp3) is 0.400. The number of benzene rings is 2. The Balaban J connectivity index is 2.23. The molecule has 0 amide bonds. The Morgan fingerprint density at radius 3 is 2.00 bits per heavy atom. The van der Waals surface area contributed by atoms with Gasteiger partial charge < -0.3 is 9.80 Å². The SMILES string of the molecule is CC(C)CCc1ccccc1N(C)c1ccc(N(C)C)cc1. The van der Waals surface area contributed by atoms with Crippen molar-refractivity contribution in [3.8, 4) is 0 Å². The van der Waals surface area contributed by atoms with E-state index in [1.807, 2.05) is 0 Å². The molecule has 0 aromatic heterocycles. The molecule has 0 radical (unpaired) electrons. The second kappa shape index (κ2) is 7.35. The van der Waals surface area contributed by atoms with Gasteiger partial charge in [-0.2, -0.15) is 0 Å². The quantitative estimate of drug-likeness (QED) is 0.731. The van der Waals surface area contributed by atoms with Crippen molar-refractivity contribution >= 4 is 17.1 Å². The predicted octanol–water partition coefficient (Wildman–Crippen LogP) is 5.11. The monoisotopic (exact) mass is 296 g/mol. The highest BCUT2D eigenvalue weighted by Gasteiger charge is 2.09. The molecule has 0 unspecified atom stereocenters. The molecule has 2 rings (SSSR count). The molecule has 0 saturated carbocycles. The lowest BCUT2D eigenvalue weighted by Crippen LogP contribution is -2.13. The van der Waals surface area contributed by atoms with Crippen LogP contribution >= 0.6 is 0 Å². The molecular weight excluding hydrogens is 268 g/mol. The fourth-order valence-corrected chi connectivity index (χ4v) is 2.61. The van der Waals surface area contributed by atoms with Gasteiger partial charge in [0.15, 0.2) is 0 Å². The molecule has 0 aliphatic carbocycles. The molecule has 0 N–H and O–H groups in total. The summed E-state index contributed by atoms with van der Waals surface area (Å²) in [6.45, 7) is 4.57. The summed E-state index contributed by atoms with van der Waals surface area (Å²) in [6, 6.07) is 17.5. The van der Waals surface area contributed by atoms with Crippen LogP contribution in [0.2, 0.25) is 0 Å². The van der Waals surface area contributed by atoms with Crippen LogP contribution in [0.4, 0.5) is 17.1 Å². The molecule has 0 fully saturated rings. The van der Waals surface area contributed by atoms with Gasteiger partial charge >= 0.3 is 0 Å². The molecule has 118 valence electrons. The third-order valence-corrected chi connectivity index (χ3v) is 4.10. The summed E-state index contributed by atoms with van der Waals surface area (Å²) in [5.41, 5.74) is 5.18. The molecular formula is C20H28N2. The van der Waals surface area contributed by atoms with Crippen molar-refractivity contribution in [3.63, 3.8) is 0 Å². The van der Waals surface area contributed by atoms with Crippen molar-refractivity contribution < 1.29 is 0 Å². The van der Waals surface area contributed by atoms with E-state index >= 15 is 0 Å². The molecule has 0 bridgehead atoms. The highest BCUT2D eigenvalue weighted by molar-refractivity contribution is 5.67. The Hall–Kier alpha value is -1.96. The molecule has 0 aliphatic heterocycles. The van der Waals surface area contributed by atoms with Crippen LogP contribution in [0.3, 0.4) is 0 Å². The van der Waals surface area contributed by atoms with Crippen LogP contribution in [0.25, 0.3) is 0 Å². The Labute approximate surface area is 135 Å². The highest BCUT2D eigenvalue weighted by Crippen LogP contribution is 2.29. The first-order valence-electron chi connectivity index (χ1n) is 8.08. The first-order chi connectivity index (χ1) is 10.5. The first-order valence-corrected chi connectivity index (χ1v) is 8.08. The van der Waals surface area contributed by atoms with E-state index < -0.39 is 0 Å². The van der Waals surface area contributed by atoms with Crippen LogP contribution in [-0.4, -0.2) is 21.1 Å². The van der Waals surface area contributed by atoms with Crippen LogP contribution in [0.1, 0.15) is 25.8 Å². The van der Waals surface area contributed by atoms with Crippen LogP contribution in [0, 0.1) is 5.92 Å². The number of hydrogen-bond donors (Lipinski definition) is 0. The number of aryl methyl sites for hydroxylation is 1. The van der Waals surface area contributed by atoms with Gasteiger partial charge in [-0.05, 0) is 54.7 Å². The van der Waals surface area contributed by atoms with E-state index in [2.05, 4.69) is 93.3 Å². The van der Waals surface area contributed by atoms with Gasteiger partial charge in [0.25, 0.3) is 0 Å². The van der Waals surface area contributed by atoms with Crippen LogP contribution in [-0.2, 0) is 6.42 Å². The molecule has 2 aromatic carbocycles. The minimum atomic E-state index is 0.734. The highest BCUT2D eigenvalue weighted by atomic mass is 15.1. The van der Waals surface area contributed by atoms with Gasteiger partial charge in [0.2, 0.25) is 0 Å². The van der Waals surface area contributed by atoms with Crippen molar-refractivity contribution in [2.75, 3.05) is 30.9 Å². The second-order valence-electron chi connectivity index (χ2n) is 6.53. The van der Waals surface area contributed by atoms with Crippen molar-refractivity contribution in [2.45, 2.75) is 26.7 Å². The Kier molecular flexibility index (Phi) is 5.48. The summed E-state index contributed by atoms with van der Waals surface area (Å²) in [5, 5.41) is 0. The first kappa shape index (κ1) is 16.4. The molecule has 0 aliphatic rings. The van der Waals surface area contributed by atoms with Crippen LogP contribution in [0.5, 0.6) is 0 Å². The van der Waals surface area contributed by atoms with E-state index in [1.54, 1.807) is 0 Å². The summed E-state index contributed by atoms with van der Waals surface area (Å²) in [4.78, 5) is 4.41. The standard InChI is InChI=1S/C20H28N2/c1-16(2)10-11-17-8-6-7-9-20(17)22(5)19-14-12-18(13-15-19)21(3)4/h6-9,12-16H,10-11H2,1-5H3. The number of anilines is 3. The normalized spacial score (nSPS) is 10.8. The summed E-state index contributed by atoms with van der Waals surface area (Å²) >= 11 is 0. The van der Waals surface area contributed by atoms with Gasteiger partial charge in [0.1, 0.15) is 0 Å². The van der Waals surface area contributed by atoms with Gasteiger partial charge in [-0.15, -0.1) is 0 Å². The lowest BCUT2D eigenvalue weighted by Gasteiger charge is -2.24. The smallest absolute Gasteiger partial charge is 0.0440 e. The van der Waals surface area contributed by atoms with Crippen molar-refractivity contribution in [1.82, 2.24) is 0 Å². The largest absolute Gasteiger partial charge is 0.378 e. The molecule has 0 heterocycles. The topological polar surface area (TPSA) is 6.48 Å². The average Bonchev–Trinajstić information content (AvgIpc) is 2.52. The summed E-state index contributed by atoms with van der Waals surface area (Å²) in [6.07, 6.45) is 2.36. The van der Waals surface area contributed by atoms with E-state index in [0.29, 0.717) is 0 Å². The van der Waals surface area contributed by atoms with Crippen molar-refractivity contribution in [2.24, 2.45) is 5.92 Å². The molecule has 0 spiro atoms. The molecule has 22 heavy (non-hydrogen) atoms. The molecule has 0 saturated heterocycles. The van der Waals surface area contributed by atoms with Gasteiger partial charge in [0, 0.05) is 38.2 Å². The summed E-state index contributed by atoms with van der Waals surface area (Å²) in [7, 11) is 6.29. The summed E-state index contributed by atoms with van der Waals surface area (Å²) < 4.78 is 0. The molecule has 2 aromatic rings. The maximum absolute atomic E-state index is 2.29.